The quantitative estimate of drug-likeness (QED) is 0.807. The number of hydrogen-bond acceptors (Lipinski definition) is 3. The van der Waals surface area contributed by atoms with E-state index in [0.29, 0.717) is 43.7 Å². The van der Waals surface area contributed by atoms with E-state index in [1.807, 2.05) is 4.90 Å². The molecule has 5 rings (SSSR count). The van der Waals surface area contributed by atoms with Gasteiger partial charge in [0.15, 0.2) is 5.69 Å². The number of nitrogens with one attached hydrogen (secondary N) is 2. The van der Waals surface area contributed by atoms with Gasteiger partial charge in [-0.15, -0.1) is 0 Å². The average molecular weight is 404 g/mol. The van der Waals surface area contributed by atoms with Crippen LogP contribution in [0.15, 0.2) is 24.3 Å². The molecule has 8 heteroatoms. The first-order valence-corrected chi connectivity index (χ1v) is 10.1. The number of H-pyrrole nitrogens is 1. The number of rotatable bonds is 2. The van der Waals surface area contributed by atoms with Crippen molar-refractivity contribution in [3.63, 3.8) is 0 Å². The Hall–Kier alpha value is -2.35. The fraction of sp³-hybridized carbons (Fsp3) is 0.524. The number of halogens is 3. The highest BCUT2D eigenvalue weighted by molar-refractivity contribution is 5.94. The Morgan fingerprint density at radius 1 is 1.14 bits per heavy atom. The van der Waals surface area contributed by atoms with Crippen LogP contribution in [0.2, 0.25) is 0 Å². The Morgan fingerprint density at radius 2 is 1.86 bits per heavy atom. The van der Waals surface area contributed by atoms with E-state index in [-0.39, 0.29) is 23.7 Å². The van der Waals surface area contributed by atoms with Gasteiger partial charge in [0.25, 0.3) is 5.91 Å². The summed E-state index contributed by atoms with van der Waals surface area (Å²) in [5.41, 5.74) is 2.35. The molecule has 29 heavy (non-hydrogen) atoms. The first-order chi connectivity index (χ1) is 13.9. The Morgan fingerprint density at radius 3 is 2.59 bits per heavy atom. The number of amides is 1. The summed E-state index contributed by atoms with van der Waals surface area (Å²) in [6.07, 6.45) is -2.10. The highest BCUT2D eigenvalue weighted by atomic mass is 19.4. The zero-order valence-corrected chi connectivity index (χ0v) is 15.9. The molecule has 154 valence electrons. The number of carbonyl (C=O) groups is 1. The third-order valence-electron chi connectivity index (χ3n) is 6.75. The number of aromatic nitrogens is 2. The van der Waals surface area contributed by atoms with E-state index in [2.05, 4.69) is 15.5 Å². The third-order valence-corrected chi connectivity index (χ3v) is 6.75. The van der Waals surface area contributed by atoms with Crippen molar-refractivity contribution in [1.82, 2.24) is 20.4 Å². The first-order valence-electron chi connectivity index (χ1n) is 10.1. The molecule has 0 bridgehead atoms. The molecule has 1 aromatic carbocycles. The van der Waals surface area contributed by atoms with Crippen LogP contribution >= 0.6 is 0 Å². The minimum Gasteiger partial charge on any atom is -0.337 e. The summed E-state index contributed by atoms with van der Waals surface area (Å²) in [7, 11) is 0. The van der Waals surface area contributed by atoms with Gasteiger partial charge in [-0.1, -0.05) is 18.2 Å². The molecule has 1 unspecified atom stereocenters. The molecule has 2 N–H and O–H groups in total. The molecule has 1 saturated heterocycles. The molecule has 1 amide bonds. The number of carbonyl (C=O) groups excluding carboxylic acids is 1. The highest BCUT2D eigenvalue weighted by Crippen LogP contribution is 2.49. The lowest BCUT2D eigenvalue weighted by Gasteiger charge is -2.21. The molecule has 5 nitrogen and oxygen atoms in total. The summed E-state index contributed by atoms with van der Waals surface area (Å²) in [4.78, 5) is 14.9. The Balaban J connectivity index is 1.30. The Bertz CT molecular complexity index is 924. The smallest absolute Gasteiger partial charge is 0.337 e. The molecule has 1 saturated carbocycles. The lowest BCUT2D eigenvalue weighted by Crippen LogP contribution is -2.32. The number of benzene rings is 1. The van der Waals surface area contributed by atoms with Gasteiger partial charge in [0, 0.05) is 43.9 Å². The van der Waals surface area contributed by atoms with Crippen molar-refractivity contribution in [2.24, 2.45) is 11.8 Å². The lowest BCUT2D eigenvalue weighted by atomic mass is 9.91. The van der Waals surface area contributed by atoms with Gasteiger partial charge < -0.3 is 10.2 Å². The van der Waals surface area contributed by atoms with Crippen LogP contribution in [0, 0.1) is 11.8 Å². The van der Waals surface area contributed by atoms with Crippen molar-refractivity contribution in [2.75, 3.05) is 19.6 Å². The Labute approximate surface area is 166 Å². The van der Waals surface area contributed by atoms with Gasteiger partial charge in [-0.2, -0.15) is 18.3 Å². The molecule has 3 atom stereocenters. The summed E-state index contributed by atoms with van der Waals surface area (Å²) in [6.45, 7) is 2.72. The van der Waals surface area contributed by atoms with Crippen molar-refractivity contribution in [3.05, 3.63) is 52.3 Å². The van der Waals surface area contributed by atoms with Crippen molar-refractivity contribution in [1.29, 1.82) is 0 Å². The lowest BCUT2D eigenvalue weighted by molar-refractivity contribution is -0.138. The molecule has 1 aromatic heterocycles. The standard InChI is InChI=1S/C21H23F3N4O/c22-21(23,24)17-4-2-1-3-15(17)12-7-13-10-28(11-14(13)8-12)20(29)19-16-9-25-6-5-18(16)26-27-19/h1-4,12-14,25H,5-11H2,(H,26,27)/t12?,13-,14+. The maximum atomic E-state index is 13.4. The SMILES string of the molecule is O=C(c1n[nH]c2c1CNCC2)N1C[C@H]2CC(c3ccccc3C(F)(F)F)C[C@H]2C1. The highest BCUT2D eigenvalue weighted by Gasteiger charge is 2.45. The van der Waals surface area contributed by atoms with Crippen LogP contribution in [0.3, 0.4) is 0 Å². The zero-order chi connectivity index (χ0) is 20.2. The van der Waals surface area contributed by atoms with Crippen molar-refractivity contribution in [3.8, 4) is 0 Å². The van der Waals surface area contributed by atoms with E-state index < -0.39 is 11.7 Å². The summed E-state index contributed by atoms with van der Waals surface area (Å²) in [5.74, 6) is 0.339. The second-order valence-corrected chi connectivity index (χ2v) is 8.44. The van der Waals surface area contributed by atoms with Gasteiger partial charge >= 0.3 is 6.18 Å². The molecular weight excluding hydrogens is 381 g/mol. The number of fused-ring (bicyclic) bond motifs is 2. The van der Waals surface area contributed by atoms with Crippen molar-refractivity contribution < 1.29 is 18.0 Å². The van der Waals surface area contributed by atoms with Crippen molar-refractivity contribution in [2.45, 2.75) is 37.9 Å². The second kappa shape index (κ2) is 6.86. The second-order valence-electron chi connectivity index (χ2n) is 8.44. The van der Waals surface area contributed by atoms with E-state index in [0.717, 1.165) is 24.2 Å². The molecule has 0 spiro atoms. The molecule has 1 aliphatic carbocycles. The fourth-order valence-corrected chi connectivity index (χ4v) is 5.38. The third kappa shape index (κ3) is 3.23. The largest absolute Gasteiger partial charge is 0.416 e. The fourth-order valence-electron chi connectivity index (χ4n) is 5.38. The number of alkyl halides is 3. The van der Waals surface area contributed by atoms with Crippen LogP contribution in [-0.2, 0) is 19.1 Å². The molecule has 3 heterocycles. The zero-order valence-electron chi connectivity index (χ0n) is 15.9. The maximum absolute atomic E-state index is 13.4. The molecule has 3 aliphatic rings. The van der Waals surface area contributed by atoms with E-state index in [9.17, 15) is 18.0 Å². The molecule has 2 aliphatic heterocycles. The van der Waals surface area contributed by atoms with Crippen LogP contribution < -0.4 is 5.32 Å². The number of hydrogen-bond donors (Lipinski definition) is 2. The minimum absolute atomic E-state index is 0.0622. The van der Waals surface area contributed by atoms with Gasteiger partial charge in [-0.3, -0.25) is 9.89 Å². The van der Waals surface area contributed by atoms with Gasteiger partial charge in [-0.05, 0) is 42.2 Å². The molecule has 2 fully saturated rings. The predicted molar refractivity (Wildman–Crippen MR) is 100 cm³/mol. The van der Waals surface area contributed by atoms with Gasteiger partial charge in [0.05, 0.1) is 5.56 Å². The average Bonchev–Trinajstić information content (AvgIpc) is 3.39. The summed E-state index contributed by atoms with van der Waals surface area (Å²) in [5, 5.41) is 10.5. The van der Waals surface area contributed by atoms with E-state index in [4.69, 9.17) is 0 Å². The van der Waals surface area contributed by atoms with Gasteiger partial charge in [0.1, 0.15) is 0 Å². The van der Waals surface area contributed by atoms with E-state index in [1.54, 1.807) is 12.1 Å². The van der Waals surface area contributed by atoms with Crippen LogP contribution in [0.25, 0.3) is 0 Å². The first kappa shape index (κ1) is 18.7. The number of likely N-dealkylation sites (tertiary alicyclic amines) is 1. The van der Waals surface area contributed by atoms with Crippen LogP contribution in [0.5, 0.6) is 0 Å². The van der Waals surface area contributed by atoms with Gasteiger partial charge in [-0.25, -0.2) is 0 Å². The molecule has 0 radical (unpaired) electrons. The Kier molecular flexibility index (Phi) is 4.42. The van der Waals surface area contributed by atoms with Crippen LogP contribution in [0.4, 0.5) is 13.2 Å². The van der Waals surface area contributed by atoms with E-state index in [1.165, 1.54) is 12.1 Å². The minimum atomic E-state index is -4.33. The van der Waals surface area contributed by atoms with Crippen LogP contribution in [-0.4, -0.2) is 40.6 Å². The number of nitrogens with zero attached hydrogens (tertiary/aromatic N) is 2. The predicted octanol–water partition coefficient (Wildman–Crippen LogP) is 3.34. The summed E-state index contributed by atoms with van der Waals surface area (Å²) >= 11 is 0. The molecular formula is C21H23F3N4O. The van der Waals surface area contributed by atoms with Gasteiger partial charge in [0.2, 0.25) is 0 Å². The molecule has 2 aromatic rings. The maximum Gasteiger partial charge on any atom is 0.416 e. The number of aromatic amines is 1. The van der Waals surface area contributed by atoms with Crippen LogP contribution in [0.1, 0.15) is 51.6 Å². The topological polar surface area (TPSA) is 61.0 Å². The normalized spacial score (nSPS) is 26.4. The summed E-state index contributed by atoms with van der Waals surface area (Å²) in [6, 6.07) is 5.92. The monoisotopic (exact) mass is 404 g/mol. The summed E-state index contributed by atoms with van der Waals surface area (Å²) < 4.78 is 40.2. The van der Waals surface area contributed by atoms with Crippen molar-refractivity contribution >= 4 is 5.91 Å². The van der Waals surface area contributed by atoms with E-state index >= 15 is 0 Å².